The Bertz CT molecular complexity index is 905. The summed E-state index contributed by atoms with van der Waals surface area (Å²) in [6.07, 6.45) is 2.08. The van der Waals surface area contributed by atoms with Crippen molar-refractivity contribution in [1.29, 1.82) is 0 Å². The van der Waals surface area contributed by atoms with E-state index >= 15 is 0 Å². The van der Waals surface area contributed by atoms with Crippen LogP contribution in [-0.2, 0) is 4.79 Å². The Labute approximate surface area is 160 Å². The fourth-order valence-electron chi connectivity index (χ4n) is 3.21. The van der Waals surface area contributed by atoms with Crippen LogP contribution in [0, 0.1) is 0 Å². The largest absolute Gasteiger partial charge is 0.340 e. The van der Waals surface area contributed by atoms with E-state index < -0.39 is 6.04 Å². The Morgan fingerprint density at radius 1 is 1.00 bits per heavy atom. The van der Waals surface area contributed by atoms with Crippen LogP contribution in [0.5, 0.6) is 0 Å². The predicted molar refractivity (Wildman–Crippen MR) is 101 cm³/mol. The minimum atomic E-state index is -0.599. The van der Waals surface area contributed by atoms with E-state index in [4.69, 9.17) is 0 Å². The monoisotopic (exact) mass is 411 g/mol. The van der Waals surface area contributed by atoms with Gasteiger partial charge in [-0.15, -0.1) is 15.0 Å². The molecule has 132 valence electrons. The zero-order valence-corrected chi connectivity index (χ0v) is 15.7. The van der Waals surface area contributed by atoms with Crippen molar-refractivity contribution < 1.29 is 4.79 Å². The van der Waals surface area contributed by atoms with Gasteiger partial charge in [0.1, 0.15) is 0 Å². The normalized spacial score (nSPS) is 15.2. The van der Waals surface area contributed by atoms with Gasteiger partial charge in [-0.25, -0.2) is 0 Å². The summed E-state index contributed by atoms with van der Waals surface area (Å²) in [6.45, 7) is 1.57. The number of amides is 1. The molecule has 6 nitrogen and oxygen atoms in total. The molecule has 0 aliphatic carbocycles. The van der Waals surface area contributed by atoms with E-state index in [1.54, 1.807) is 0 Å². The molecule has 0 saturated carbocycles. The number of hydrogen-bond donors (Lipinski definition) is 0. The Hall–Kier alpha value is -2.54. The van der Waals surface area contributed by atoms with Crippen molar-refractivity contribution in [2.45, 2.75) is 18.9 Å². The van der Waals surface area contributed by atoms with Crippen LogP contribution >= 0.6 is 15.9 Å². The number of benzene rings is 2. The highest BCUT2D eigenvalue weighted by Crippen LogP contribution is 2.26. The molecule has 0 N–H and O–H groups in total. The lowest BCUT2D eigenvalue weighted by Crippen LogP contribution is -2.36. The van der Waals surface area contributed by atoms with Gasteiger partial charge in [-0.2, -0.15) is 0 Å². The van der Waals surface area contributed by atoms with Gasteiger partial charge in [0.15, 0.2) is 6.04 Å². The highest BCUT2D eigenvalue weighted by atomic mass is 79.9. The maximum atomic E-state index is 13.1. The number of tetrazole rings is 1. The topological polar surface area (TPSA) is 63.9 Å². The first kappa shape index (κ1) is 16.9. The summed E-state index contributed by atoms with van der Waals surface area (Å²) in [7, 11) is 0. The lowest BCUT2D eigenvalue weighted by atomic mass is 10.1. The Kier molecular flexibility index (Phi) is 4.79. The van der Waals surface area contributed by atoms with Crippen molar-refractivity contribution in [2.75, 3.05) is 13.1 Å². The molecule has 1 aliphatic rings. The molecule has 7 heteroatoms. The van der Waals surface area contributed by atoms with Gasteiger partial charge in [-0.05, 0) is 35.8 Å². The SMILES string of the molecule is O=C([C@H](c1ccccc1)n1nnc(-c2ccccc2Br)n1)N1CCCC1. The zero-order chi connectivity index (χ0) is 17.9. The molecule has 1 saturated heterocycles. The zero-order valence-electron chi connectivity index (χ0n) is 14.1. The fourth-order valence-corrected chi connectivity index (χ4v) is 3.67. The van der Waals surface area contributed by atoms with Crippen LogP contribution in [0.3, 0.4) is 0 Å². The Morgan fingerprint density at radius 2 is 1.69 bits per heavy atom. The smallest absolute Gasteiger partial charge is 0.254 e. The number of rotatable bonds is 4. The van der Waals surface area contributed by atoms with Crippen LogP contribution < -0.4 is 0 Å². The third kappa shape index (κ3) is 3.26. The van der Waals surface area contributed by atoms with Crippen LogP contribution in [0.2, 0.25) is 0 Å². The molecule has 0 radical (unpaired) electrons. The second kappa shape index (κ2) is 7.37. The van der Waals surface area contributed by atoms with Gasteiger partial charge in [-0.1, -0.05) is 58.4 Å². The first-order chi connectivity index (χ1) is 12.7. The molecule has 26 heavy (non-hydrogen) atoms. The Morgan fingerprint density at radius 3 is 2.42 bits per heavy atom. The summed E-state index contributed by atoms with van der Waals surface area (Å²) < 4.78 is 0.890. The molecule has 0 spiro atoms. The highest BCUT2D eigenvalue weighted by molar-refractivity contribution is 9.10. The van der Waals surface area contributed by atoms with E-state index in [2.05, 4.69) is 31.3 Å². The quantitative estimate of drug-likeness (QED) is 0.660. The van der Waals surface area contributed by atoms with Gasteiger partial charge in [0, 0.05) is 23.1 Å². The van der Waals surface area contributed by atoms with E-state index in [1.807, 2.05) is 59.5 Å². The molecule has 2 heterocycles. The maximum Gasteiger partial charge on any atom is 0.254 e. The van der Waals surface area contributed by atoms with E-state index in [0.29, 0.717) is 5.82 Å². The fraction of sp³-hybridized carbons (Fsp3) is 0.263. The van der Waals surface area contributed by atoms with Crippen molar-refractivity contribution in [3.05, 3.63) is 64.6 Å². The van der Waals surface area contributed by atoms with E-state index in [-0.39, 0.29) is 5.91 Å². The van der Waals surface area contributed by atoms with Gasteiger partial charge < -0.3 is 4.90 Å². The summed E-state index contributed by atoms with van der Waals surface area (Å²) >= 11 is 3.51. The Balaban J connectivity index is 1.73. The molecular formula is C19H18BrN5O. The van der Waals surface area contributed by atoms with E-state index in [1.165, 1.54) is 4.80 Å². The average Bonchev–Trinajstić information content (AvgIpc) is 3.35. The second-order valence-corrected chi connectivity index (χ2v) is 7.11. The van der Waals surface area contributed by atoms with E-state index in [0.717, 1.165) is 41.5 Å². The van der Waals surface area contributed by atoms with Crippen LogP contribution in [-0.4, -0.2) is 44.1 Å². The van der Waals surface area contributed by atoms with Crippen molar-refractivity contribution >= 4 is 21.8 Å². The van der Waals surface area contributed by atoms with Crippen molar-refractivity contribution in [3.8, 4) is 11.4 Å². The summed E-state index contributed by atoms with van der Waals surface area (Å²) in [6, 6.07) is 16.7. The second-order valence-electron chi connectivity index (χ2n) is 6.26. The maximum absolute atomic E-state index is 13.1. The number of likely N-dealkylation sites (tertiary alicyclic amines) is 1. The average molecular weight is 412 g/mol. The molecule has 0 bridgehead atoms. The third-order valence-corrected chi connectivity index (χ3v) is 5.23. The van der Waals surface area contributed by atoms with Crippen molar-refractivity contribution in [3.63, 3.8) is 0 Å². The molecule has 2 aromatic carbocycles. The van der Waals surface area contributed by atoms with Gasteiger partial charge in [-0.3, -0.25) is 4.79 Å². The predicted octanol–water partition coefficient (Wildman–Crippen LogP) is 3.31. The number of carbonyl (C=O) groups is 1. The van der Waals surface area contributed by atoms with Crippen LogP contribution in [0.25, 0.3) is 11.4 Å². The molecule has 3 aromatic rings. The van der Waals surface area contributed by atoms with Crippen LogP contribution in [0.15, 0.2) is 59.1 Å². The molecule has 1 amide bonds. The lowest BCUT2D eigenvalue weighted by Gasteiger charge is -2.22. The number of nitrogens with zero attached hydrogens (tertiary/aromatic N) is 5. The van der Waals surface area contributed by atoms with Gasteiger partial charge in [0.05, 0.1) is 0 Å². The van der Waals surface area contributed by atoms with Crippen molar-refractivity contribution in [1.82, 2.24) is 25.1 Å². The first-order valence-corrected chi connectivity index (χ1v) is 9.41. The molecule has 1 aromatic heterocycles. The van der Waals surface area contributed by atoms with Gasteiger partial charge >= 0.3 is 0 Å². The molecule has 1 aliphatic heterocycles. The number of aromatic nitrogens is 4. The van der Waals surface area contributed by atoms with Crippen LogP contribution in [0.1, 0.15) is 24.4 Å². The molecular weight excluding hydrogens is 394 g/mol. The minimum Gasteiger partial charge on any atom is -0.340 e. The number of hydrogen-bond acceptors (Lipinski definition) is 4. The van der Waals surface area contributed by atoms with Gasteiger partial charge in [0.25, 0.3) is 5.91 Å². The van der Waals surface area contributed by atoms with Crippen LogP contribution in [0.4, 0.5) is 0 Å². The number of halogens is 1. The lowest BCUT2D eigenvalue weighted by molar-refractivity contribution is -0.133. The summed E-state index contributed by atoms with van der Waals surface area (Å²) in [4.78, 5) is 16.5. The standard InChI is InChI=1S/C19H18BrN5O/c20-16-11-5-4-10-15(16)18-21-23-25(22-18)17(14-8-2-1-3-9-14)19(26)24-12-6-7-13-24/h1-5,8-11,17H,6-7,12-13H2/t17-/m0/s1. The minimum absolute atomic E-state index is 0.0183. The first-order valence-electron chi connectivity index (χ1n) is 8.62. The molecule has 4 rings (SSSR count). The molecule has 1 atom stereocenters. The van der Waals surface area contributed by atoms with E-state index in [9.17, 15) is 4.79 Å². The summed E-state index contributed by atoms with van der Waals surface area (Å²) in [5, 5.41) is 12.9. The molecule has 0 unspecified atom stereocenters. The summed E-state index contributed by atoms with van der Waals surface area (Å²) in [5.74, 6) is 0.511. The number of carbonyl (C=O) groups excluding carboxylic acids is 1. The molecule has 1 fully saturated rings. The van der Waals surface area contributed by atoms with Crippen molar-refractivity contribution in [2.24, 2.45) is 0 Å². The third-order valence-electron chi connectivity index (χ3n) is 4.54. The summed E-state index contributed by atoms with van der Waals surface area (Å²) in [5.41, 5.74) is 1.71. The van der Waals surface area contributed by atoms with Gasteiger partial charge in [0.2, 0.25) is 5.82 Å². The highest BCUT2D eigenvalue weighted by Gasteiger charge is 2.31.